The summed E-state index contributed by atoms with van der Waals surface area (Å²) in [5.74, 6) is 0.754. The lowest BCUT2D eigenvalue weighted by Gasteiger charge is -2.13. The highest BCUT2D eigenvalue weighted by molar-refractivity contribution is 7.79. The van der Waals surface area contributed by atoms with Crippen LogP contribution in [0.15, 0.2) is 24.3 Å². The van der Waals surface area contributed by atoms with Crippen molar-refractivity contribution < 1.29 is 0 Å². The molecule has 0 radical (unpaired) electrons. The molecule has 0 spiro atoms. The first kappa shape index (κ1) is 10.9. The molecule has 0 aliphatic rings. The van der Waals surface area contributed by atoms with E-state index in [2.05, 4.69) is 43.2 Å². The van der Waals surface area contributed by atoms with E-state index < -0.39 is 0 Å². The second-order valence-corrected chi connectivity index (χ2v) is 4.71. The van der Waals surface area contributed by atoms with Crippen LogP contribution in [0.4, 0.5) is 0 Å². The molecule has 0 aliphatic carbocycles. The van der Waals surface area contributed by atoms with E-state index in [9.17, 15) is 0 Å². The van der Waals surface area contributed by atoms with Gasteiger partial charge >= 0.3 is 0 Å². The van der Waals surface area contributed by atoms with Crippen molar-refractivity contribution in [2.24, 2.45) is 0 Å². The Labute approximate surface area is 100 Å². The van der Waals surface area contributed by atoms with Crippen molar-refractivity contribution in [3.05, 3.63) is 35.0 Å². The molecule has 1 aromatic heterocycles. The van der Waals surface area contributed by atoms with Gasteiger partial charge in [-0.1, -0.05) is 17.7 Å². The van der Waals surface area contributed by atoms with Gasteiger partial charge in [0.05, 0.1) is 0 Å². The summed E-state index contributed by atoms with van der Waals surface area (Å²) in [5, 5.41) is 2.02. The highest BCUT2D eigenvalue weighted by Crippen LogP contribution is 2.27. The Balaban J connectivity index is 2.76. The molecule has 2 aromatic rings. The third-order valence-electron chi connectivity index (χ3n) is 2.56. The third kappa shape index (κ3) is 1.88. The van der Waals surface area contributed by atoms with Crippen molar-refractivity contribution >= 4 is 35.1 Å². The highest BCUT2D eigenvalue weighted by Gasteiger charge is 2.10. The van der Waals surface area contributed by atoms with Crippen LogP contribution in [0.1, 0.15) is 25.6 Å². The van der Waals surface area contributed by atoms with Gasteiger partial charge in [-0.25, -0.2) is 0 Å². The van der Waals surface area contributed by atoms with Gasteiger partial charge in [0.1, 0.15) is 0 Å². The van der Waals surface area contributed by atoms with Crippen LogP contribution in [0, 0.1) is 0 Å². The lowest BCUT2D eigenvalue weighted by molar-refractivity contribution is 0.606. The van der Waals surface area contributed by atoms with E-state index in [1.54, 1.807) is 0 Å². The van der Waals surface area contributed by atoms with Gasteiger partial charge in [-0.3, -0.25) is 0 Å². The van der Waals surface area contributed by atoms with E-state index in [0.717, 1.165) is 10.8 Å². The predicted molar refractivity (Wildman–Crippen MR) is 70.0 cm³/mol. The van der Waals surface area contributed by atoms with Gasteiger partial charge in [-0.05, 0) is 37.4 Å². The van der Waals surface area contributed by atoms with Crippen LogP contribution in [0.2, 0.25) is 5.02 Å². The van der Waals surface area contributed by atoms with Gasteiger partial charge in [0, 0.05) is 28.0 Å². The Morgan fingerprint density at radius 2 is 2.07 bits per heavy atom. The molecule has 0 N–H and O–H groups in total. The van der Waals surface area contributed by atoms with Crippen LogP contribution in [-0.4, -0.2) is 4.57 Å². The zero-order chi connectivity index (χ0) is 11.0. The van der Waals surface area contributed by atoms with E-state index in [1.165, 1.54) is 16.6 Å². The predicted octanol–water partition coefficient (Wildman–Crippen LogP) is 4.31. The van der Waals surface area contributed by atoms with Crippen LogP contribution in [0.5, 0.6) is 0 Å². The Hall–Kier alpha value is -0.600. The maximum absolute atomic E-state index is 6.02. The summed E-state index contributed by atoms with van der Waals surface area (Å²) in [4.78, 5) is 0. The quantitative estimate of drug-likeness (QED) is 0.746. The number of rotatable bonds is 2. The molecule has 15 heavy (non-hydrogen) atoms. The lowest BCUT2D eigenvalue weighted by Crippen LogP contribution is -2.03. The van der Waals surface area contributed by atoms with Gasteiger partial charge in [0.2, 0.25) is 0 Å². The third-order valence-corrected chi connectivity index (χ3v) is 3.12. The Morgan fingerprint density at radius 3 is 2.67 bits per heavy atom. The van der Waals surface area contributed by atoms with Crippen molar-refractivity contribution in [3.8, 4) is 0 Å². The smallest absolute Gasteiger partial charge is 0.0500 e. The maximum atomic E-state index is 6.02. The van der Waals surface area contributed by atoms with E-state index in [1.807, 2.05) is 12.1 Å². The molecule has 2 rings (SSSR count). The molecule has 0 amide bonds. The van der Waals surface area contributed by atoms with Gasteiger partial charge in [0.15, 0.2) is 0 Å². The van der Waals surface area contributed by atoms with Crippen LogP contribution >= 0.6 is 24.2 Å². The Bertz CT molecular complexity index is 488. The zero-order valence-corrected chi connectivity index (χ0v) is 10.5. The molecule has 3 heteroatoms. The second-order valence-electron chi connectivity index (χ2n) is 3.96. The average molecular weight is 240 g/mol. The summed E-state index contributed by atoms with van der Waals surface area (Å²) < 4.78 is 2.29. The summed E-state index contributed by atoms with van der Waals surface area (Å²) in [6.45, 7) is 4.35. The standard InChI is InChI=1S/C12H14ClNS/c1-8(2)14-11(7-15)5-9-3-4-10(13)6-12(9)14/h3-6,8,15H,7H2,1-2H3. The van der Waals surface area contributed by atoms with Crippen LogP contribution in [0.3, 0.4) is 0 Å². The molecule has 0 fully saturated rings. The minimum absolute atomic E-state index is 0.433. The summed E-state index contributed by atoms with van der Waals surface area (Å²) in [6, 6.07) is 8.62. The number of fused-ring (bicyclic) bond motifs is 1. The fourth-order valence-corrected chi connectivity index (χ4v) is 2.39. The number of aromatic nitrogens is 1. The van der Waals surface area contributed by atoms with Gasteiger partial charge in [-0.15, -0.1) is 0 Å². The number of hydrogen-bond donors (Lipinski definition) is 1. The van der Waals surface area contributed by atoms with E-state index >= 15 is 0 Å². The Morgan fingerprint density at radius 1 is 1.33 bits per heavy atom. The van der Waals surface area contributed by atoms with Crippen molar-refractivity contribution in [3.63, 3.8) is 0 Å². The molecule has 0 saturated carbocycles. The van der Waals surface area contributed by atoms with Crippen molar-refractivity contribution in [1.29, 1.82) is 0 Å². The molecule has 1 aromatic carbocycles. The number of thiol groups is 1. The molecule has 0 unspecified atom stereocenters. The number of hydrogen-bond acceptors (Lipinski definition) is 1. The number of benzene rings is 1. The van der Waals surface area contributed by atoms with Gasteiger partial charge < -0.3 is 4.57 Å². The summed E-state index contributed by atoms with van der Waals surface area (Å²) in [5.41, 5.74) is 2.44. The average Bonchev–Trinajstić information content (AvgIpc) is 2.55. The van der Waals surface area contributed by atoms with Gasteiger partial charge in [-0.2, -0.15) is 12.6 Å². The highest BCUT2D eigenvalue weighted by atomic mass is 35.5. The first-order valence-electron chi connectivity index (χ1n) is 5.03. The van der Waals surface area contributed by atoms with Crippen molar-refractivity contribution in [2.75, 3.05) is 0 Å². The van der Waals surface area contributed by atoms with Crippen LogP contribution in [-0.2, 0) is 5.75 Å². The second kappa shape index (κ2) is 4.11. The summed E-state index contributed by atoms with van der Waals surface area (Å²) in [6.07, 6.45) is 0. The monoisotopic (exact) mass is 239 g/mol. The normalized spacial score (nSPS) is 11.5. The summed E-state index contributed by atoms with van der Waals surface area (Å²) in [7, 11) is 0. The number of nitrogens with zero attached hydrogens (tertiary/aromatic N) is 1. The molecule has 0 atom stereocenters. The Kier molecular flexibility index (Phi) is 2.98. The molecule has 0 aliphatic heterocycles. The fraction of sp³-hybridized carbons (Fsp3) is 0.333. The molecule has 0 saturated heterocycles. The molecule has 0 bridgehead atoms. The lowest BCUT2D eigenvalue weighted by atomic mass is 10.2. The van der Waals surface area contributed by atoms with Crippen LogP contribution in [0.25, 0.3) is 10.9 Å². The molecular formula is C12H14ClNS. The summed E-state index contributed by atoms with van der Waals surface area (Å²) >= 11 is 10.4. The first-order valence-corrected chi connectivity index (χ1v) is 6.04. The van der Waals surface area contributed by atoms with E-state index in [0.29, 0.717) is 6.04 Å². The van der Waals surface area contributed by atoms with E-state index in [-0.39, 0.29) is 0 Å². The maximum Gasteiger partial charge on any atom is 0.0500 e. The molecule has 1 heterocycles. The zero-order valence-electron chi connectivity index (χ0n) is 8.87. The van der Waals surface area contributed by atoms with Crippen LogP contribution < -0.4 is 0 Å². The topological polar surface area (TPSA) is 4.93 Å². The first-order chi connectivity index (χ1) is 7.13. The minimum atomic E-state index is 0.433. The molecular weight excluding hydrogens is 226 g/mol. The minimum Gasteiger partial charge on any atom is -0.341 e. The fourth-order valence-electron chi connectivity index (χ4n) is 1.98. The van der Waals surface area contributed by atoms with Gasteiger partial charge in [0.25, 0.3) is 0 Å². The molecule has 1 nitrogen and oxygen atoms in total. The van der Waals surface area contributed by atoms with Crippen molar-refractivity contribution in [2.45, 2.75) is 25.6 Å². The SMILES string of the molecule is CC(C)n1c(CS)cc2ccc(Cl)cc21. The number of halogens is 1. The van der Waals surface area contributed by atoms with E-state index in [4.69, 9.17) is 11.6 Å². The largest absolute Gasteiger partial charge is 0.341 e. The van der Waals surface area contributed by atoms with Crippen molar-refractivity contribution in [1.82, 2.24) is 4.57 Å². The molecule has 80 valence electrons.